The molecule has 2 aromatic carbocycles. The van der Waals surface area contributed by atoms with Crippen molar-refractivity contribution in [1.82, 2.24) is 9.71 Å². The zero-order valence-corrected chi connectivity index (χ0v) is 20.0. The summed E-state index contributed by atoms with van der Waals surface area (Å²) >= 11 is 0. The fourth-order valence-electron chi connectivity index (χ4n) is 4.43. The molecule has 0 bridgehead atoms. The first-order valence-electron chi connectivity index (χ1n) is 11.0. The summed E-state index contributed by atoms with van der Waals surface area (Å²) in [5.41, 5.74) is 4.40. The van der Waals surface area contributed by atoms with Gasteiger partial charge in [0, 0.05) is 44.6 Å². The van der Waals surface area contributed by atoms with Crippen LogP contribution in [0.5, 0.6) is 0 Å². The summed E-state index contributed by atoms with van der Waals surface area (Å²) in [5, 5.41) is 0. The van der Waals surface area contributed by atoms with E-state index >= 15 is 0 Å². The van der Waals surface area contributed by atoms with E-state index < -0.39 is 10.0 Å². The van der Waals surface area contributed by atoms with E-state index in [0.717, 1.165) is 59.9 Å². The second kappa shape index (κ2) is 9.49. The molecule has 8 heteroatoms. The Kier molecular flexibility index (Phi) is 6.67. The van der Waals surface area contributed by atoms with E-state index in [1.165, 1.54) is 12.1 Å². The monoisotopic (exact) mass is 468 g/mol. The van der Waals surface area contributed by atoms with Gasteiger partial charge in [0.2, 0.25) is 10.0 Å². The van der Waals surface area contributed by atoms with Crippen molar-refractivity contribution in [2.45, 2.75) is 32.2 Å². The number of sulfonamides is 1. The Labute approximate surface area is 195 Å². The number of nitrogens with zero attached hydrogens (tertiary/aromatic N) is 3. The van der Waals surface area contributed by atoms with Crippen molar-refractivity contribution >= 4 is 21.5 Å². The number of benzene rings is 2. The van der Waals surface area contributed by atoms with Gasteiger partial charge < -0.3 is 9.80 Å². The number of hydrogen-bond donors (Lipinski definition) is 1. The Bertz CT molecular complexity index is 1210. The summed E-state index contributed by atoms with van der Waals surface area (Å²) in [6.07, 6.45) is 1.72. The van der Waals surface area contributed by atoms with Crippen LogP contribution in [0.1, 0.15) is 22.3 Å². The highest BCUT2D eigenvalue weighted by Gasteiger charge is 2.21. The highest BCUT2D eigenvalue weighted by Crippen LogP contribution is 2.23. The molecule has 1 fully saturated rings. The molecule has 0 amide bonds. The van der Waals surface area contributed by atoms with Crippen LogP contribution in [0.4, 0.5) is 15.9 Å². The van der Waals surface area contributed by atoms with Gasteiger partial charge in [0.25, 0.3) is 0 Å². The molecule has 3 aromatic rings. The lowest BCUT2D eigenvalue weighted by Gasteiger charge is -2.36. The van der Waals surface area contributed by atoms with Crippen molar-refractivity contribution in [3.05, 3.63) is 82.8 Å². The van der Waals surface area contributed by atoms with Crippen LogP contribution in [0.25, 0.3) is 0 Å². The van der Waals surface area contributed by atoms with Crippen molar-refractivity contribution in [3.8, 4) is 0 Å². The molecule has 1 saturated heterocycles. The molecule has 1 aromatic heterocycles. The van der Waals surface area contributed by atoms with Gasteiger partial charge in [-0.15, -0.1) is 0 Å². The van der Waals surface area contributed by atoms with Gasteiger partial charge in [-0.1, -0.05) is 17.7 Å². The van der Waals surface area contributed by atoms with Crippen LogP contribution in [-0.4, -0.2) is 39.6 Å². The molecular weight excluding hydrogens is 439 g/mol. The Morgan fingerprint density at radius 2 is 1.52 bits per heavy atom. The molecule has 1 N–H and O–H groups in total. The van der Waals surface area contributed by atoms with E-state index in [9.17, 15) is 12.8 Å². The van der Waals surface area contributed by atoms with Gasteiger partial charge >= 0.3 is 0 Å². The Hall–Kier alpha value is -2.97. The Morgan fingerprint density at radius 1 is 0.909 bits per heavy atom. The third-order valence-electron chi connectivity index (χ3n) is 5.95. The summed E-state index contributed by atoms with van der Waals surface area (Å²) in [6.45, 7) is 8.96. The van der Waals surface area contributed by atoms with Gasteiger partial charge in [-0.3, -0.25) is 0 Å². The number of aryl methyl sites for hydroxylation is 3. The molecular formula is C25H29FN4O2S. The summed E-state index contributed by atoms with van der Waals surface area (Å²) in [4.78, 5) is 9.25. The predicted molar refractivity (Wildman–Crippen MR) is 130 cm³/mol. The first kappa shape index (κ1) is 23.2. The first-order chi connectivity index (χ1) is 15.7. The Morgan fingerprint density at radius 3 is 2.15 bits per heavy atom. The summed E-state index contributed by atoms with van der Waals surface area (Å²) in [6, 6.07) is 14.1. The van der Waals surface area contributed by atoms with Gasteiger partial charge in [0.15, 0.2) is 0 Å². The van der Waals surface area contributed by atoms with E-state index in [1.54, 1.807) is 18.3 Å². The molecule has 0 saturated carbocycles. The van der Waals surface area contributed by atoms with Crippen molar-refractivity contribution < 1.29 is 12.8 Å². The maximum absolute atomic E-state index is 13.2. The van der Waals surface area contributed by atoms with Crippen molar-refractivity contribution in [2.75, 3.05) is 36.0 Å². The third kappa shape index (κ3) is 5.34. The number of nitrogens with one attached hydrogen (secondary N) is 1. The highest BCUT2D eigenvalue weighted by molar-refractivity contribution is 7.89. The van der Waals surface area contributed by atoms with E-state index in [4.69, 9.17) is 0 Å². The van der Waals surface area contributed by atoms with Crippen LogP contribution in [-0.2, 0) is 16.6 Å². The van der Waals surface area contributed by atoms with Gasteiger partial charge in [-0.05, 0) is 73.9 Å². The molecule has 0 aliphatic carbocycles. The summed E-state index contributed by atoms with van der Waals surface area (Å²) in [7, 11) is -3.63. The minimum absolute atomic E-state index is 0.195. The second-order valence-corrected chi connectivity index (χ2v) is 10.2. The molecule has 6 nitrogen and oxygen atoms in total. The number of halogens is 1. The van der Waals surface area contributed by atoms with E-state index in [2.05, 4.69) is 19.5 Å². The number of hydrogen-bond acceptors (Lipinski definition) is 5. The van der Waals surface area contributed by atoms with Crippen LogP contribution in [0, 0.1) is 26.6 Å². The lowest BCUT2D eigenvalue weighted by atomic mass is 10.1. The molecule has 2 heterocycles. The van der Waals surface area contributed by atoms with Crippen molar-refractivity contribution in [3.63, 3.8) is 0 Å². The molecule has 174 valence electrons. The fourth-order valence-corrected chi connectivity index (χ4v) is 5.90. The quantitative estimate of drug-likeness (QED) is 0.594. The molecule has 1 aliphatic heterocycles. The van der Waals surface area contributed by atoms with E-state index in [0.29, 0.717) is 4.90 Å². The smallest absolute Gasteiger partial charge is 0.241 e. The molecule has 0 radical (unpaired) electrons. The van der Waals surface area contributed by atoms with Crippen LogP contribution in [0.3, 0.4) is 0 Å². The average molecular weight is 469 g/mol. The van der Waals surface area contributed by atoms with Crippen LogP contribution in [0.2, 0.25) is 0 Å². The topological polar surface area (TPSA) is 65.5 Å². The zero-order valence-electron chi connectivity index (χ0n) is 19.2. The highest BCUT2D eigenvalue weighted by atomic mass is 32.2. The lowest BCUT2D eigenvalue weighted by molar-refractivity contribution is 0.580. The van der Waals surface area contributed by atoms with Gasteiger partial charge in [0.05, 0.1) is 4.90 Å². The van der Waals surface area contributed by atoms with Gasteiger partial charge in [-0.25, -0.2) is 22.5 Å². The first-order valence-corrected chi connectivity index (χ1v) is 12.5. The summed E-state index contributed by atoms with van der Waals surface area (Å²) < 4.78 is 41.9. The summed E-state index contributed by atoms with van der Waals surface area (Å²) in [5.74, 6) is 0.592. The van der Waals surface area contributed by atoms with E-state index in [1.807, 2.05) is 45.0 Å². The molecule has 33 heavy (non-hydrogen) atoms. The maximum Gasteiger partial charge on any atom is 0.241 e. The standard InChI is InChI=1S/C25H29FN4O2S/c1-18-14-19(2)25(20(3)15-18)33(31,32)28-17-21-8-9-27-24(16-21)30-12-10-29(11-13-30)23-6-4-22(26)5-7-23/h4-9,14-16,28H,10-13,17H2,1-3H3. The molecule has 4 rings (SSSR count). The van der Waals surface area contributed by atoms with Crippen LogP contribution in [0.15, 0.2) is 59.6 Å². The number of pyridine rings is 1. The normalized spacial score (nSPS) is 14.5. The maximum atomic E-state index is 13.2. The number of aromatic nitrogens is 1. The van der Waals surface area contributed by atoms with Gasteiger partial charge in [-0.2, -0.15) is 0 Å². The largest absolute Gasteiger partial charge is 0.368 e. The minimum atomic E-state index is -3.63. The average Bonchev–Trinajstić information content (AvgIpc) is 2.78. The molecule has 0 unspecified atom stereocenters. The van der Waals surface area contributed by atoms with E-state index in [-0.39, 0.29) is 12.4 Å². The minimum Gasteiger partial charge on any atom is -0.368 e. The zero-order chi connectivity index (χ0) is 23.6. The number of anilines is 2. The molecule has 1 aliphatic rings. The van der Waals surface area contributed by atoms with Gasteiger partial charge in [0.1, 0.15) is 11.6 Å². The SMILES string of the molecule is Cc1cc(C)c(S(=O)(=O)NCc2ccnc(N3CCN(c4ccc(F)cc4)CC3)c2)c(C)c1. The van der Waals surface area contributed by atoms with Crippen molar-refractivity contribution in [1.29, 1.82) is 0 Å². The number of piperazine rings is 1. The molecule has 0 atom stereocenters. The second-order valence-electron chi connectivity index (χ2n) is 8.53. The lowest BCUT2D eigenvalue weighted by Crippen LogP contribution is -2.46. The van der Waals surface area contributed by atoms with Crippen LogP contribution < -0.4 is 14.5 Å². The predicted octanol–water partition coefficient (Wildman–Crippen LogP) is 3.95. The van der Waals surface area contributed by atoms with Crippen LogP contribution >= 0.6 is 0 Å². The third-order valence-corrected chi connectivity index (χ3v) is 7.65. The molecule has 0 spiro atoms. The fraction of sp³-hybridized carbons (Fsp3) is 0.320. The van der Waals surface area contributed by atoms with Crippen molar-refractivity contribution in [2.24, 2.45) is 0 Å². The Balaban J connectivity index is 1.41. The number of rotatable bonds is 6.